The molecule has 7 nitrogen and oxygen atoms in total. The van der Waals surface area contributed by atoms with Crippen LogP contribution in [0.25, 0.3) is 0 Å². The van der Waals surface area contributed by atoms with E-state index in [9.17, 15) is 0 Å². The molecule has 0 aliphatic carbocycles. The third-order valence-electron chi connectivity index (χ3n) is 2.89. The second kappa shape index (κ2) is 5.44. The van der Waals surface area contributed by atoms with Crippen LogP contribution in [0.3, 0.4) is 0 Å². The second-order valence-electron chi connectivity index (χ2n) is 5.67. The summed E-state index contributed by atoms with van der Waals surface area (Å²) in [6, 6.07) is 0. The van der Waals surface area contributed by atoms with Crippen LogP contribution in [0.5, 0.6) is 0 Å². The van der Waals surface area contributed by atoms with Gasteiger partial charge in [0.05, 0.1) is 0 Å². The maximum Gasteiger partial charge on any atom is 0.228 e. The van der Waals surface area contributed by atoms with Gasteiger partial charge in [0, 0.05) is 23.9 Å². The van der Waals surface area contributed by atoms with Crippen molar-refractivity contribution in [3.8, 4) is 0 Å². The Labute approximate surface area is 118 Å². The number of nitrogens with zero attached hydrogens (tertiary/aromatic N) is 4. The molecule has 108 valence electrons. The largest absolute Gasteiger partial charge is 0.383 e. The summed E-state index contributed by atoms with van der Waals surface area (Å²) in [5, 5.41) is 6.81. The van der Waals surface area contributed by atoms with Crippen LogP contribution >= 0.6 is 0 Å². The van der Waals surface area contributed by atoms with Crippen LogP contribution in [0.4, 0.5) is 11.6 Å². The third kappa shape index (κ3) is 3.23. The molecule has 3 N–H and O–H groups in total. The first kappa shape index (κ1) is 14.2. The molecule has 0 radical (unpaired) electrons. The topological polar surface area (TPSA) is 103 Å². The predicted octanol–water partition coefficient (Wildman–Crippen LogP) is 1.70. The average molecular weight is 276 g/mol. The molecule has 2 aromatic rings. The maximum absolute atomic E-state index is 5.95. The predicted molar refractivity (Wildman–Crippen MR) is 76.4 cm³/mol. The van der Waals surface area contributed by atoms with Gasteiger partial charge in [-0.15, -0.1) is 0 Å². The molecule has 0 aliphatic rings. The van der Waals surface area contributed by atoms with Gasteiger partial charge >= 0.3 is 0 Å². The van der Waals surface area contributed by atoms with Crippen molar-refractivity contribution in [3.05, 3.63) is 23.6 Å². The first-order valence-corrected chi connectivity index (χ1v) is 6.52. The lowest BCUT2D eigenvalue weighted by atomic mass is 9.95. The van der Waals surface area contributed by atoms with E-state index >= 15 is 0 Å². The van der Waals surface area contributed by atoms with Crippen LogP contribution in [0.15, 0.2) is 10.9 Å². The van der Waals surface area contributed by atoms with Gasteiger partial charge in [0.2, 0.25) is 5.89 Å². The lowest BCUT2D eigenvalue weighted by Crippen LogP contribution is -2.20. The molecule has 0 aromatic carbocycles. The van der Waals surface area contributed by atoms with E-state index in [1.807, 2.05) is 6.92 Å². The molecule has 0 amide bonds. The normalized spacial score (nSPS) is 11.6. The molecule has 0 atom stereocenters. The average Bonchev–Trinajstić information content (AvgIpc) is 2.86. The van der Waals surface area contributed by atoms with E-state index in [-0.39, 0.29) is 5.41 Å². The summed E-state index contributed by atoms with van der Waals surface area (Å²) in [4.78, 5) is 12.9. The molecule has 0 bridgehead atoms. The van der Waals surface area contributed by atoms with E-state index in [1.54, 1.807) is 0 Å². The Bertz CT molecular complexity index is 573. The fourth-order valence-corrected chi connectivity index (χ4v) is 1.64. The highest BCUT2D eigenvalue weighted by atomic mass is 16.5. The van der Waals surface area contributed by atoms with Gasteiger partial charge in [0.25, 0.3) is 0 Å². The number of rotatable bonds is 4. The van der Waals surface area contributed by atoms with Gasteiger partial charge < -0.3 is 15.6 Å². The van der Waals surface area contributed by atoms with E-state index in [2.05, 4.69) is 46.2 Å². The minimum absolute atomic E-state index is 0.148. The summed E-state index contributed by atoms with van der Waals surface area (Å²) in [7, 11) is 0. The number of hydrogen-bond donors (Lipinski definition) is 2. The van der Waals surface area contributed by atoms with Crippen LogP contribution in [0, 0.1) is 6.92 Å². The fraction of sp³-hybridized carbons (Fsp3) is 0.538. The zero-order valence-corrected chi connectivity index (χ0v) is 12.3. The Balaban J connectivity index is 2.12. The number of nitrogens with one attached hydrogen (secondary N) is 1. The van der Waals surface area contributed by atoms with Crippen molar-refractivity contribution in [1.29, 1.82) is 0 Å². The number of hydrogen-bond acceptors (Lipinski definition) is 7. The summed E-state index contributed by atoms with van der Waals surface area (Å²) in [5.41, 5.74) is 6.65. The summed E-state index contributed by atoms with van der Waals surface area (Å²) in [5.74, 6) is 2.57. The Morgan fingerprint density at radius 3 is 2.65 bits per heavy atom. The molecule has 7 heteroatoms. The third-order valence-corrected chi connectivity index (χ3v) is 2.89. The lowest BCUT2D eigenvalue weighted by molar-refractivity contribution is 0.379. The van der Waals surface area contributed by atoms with Gasteiger partial charge in [-0.05, 0) is 6.92 Å². The van der Waals surface area contributed by atoms with Crippen LogP contribution < -0.4 is 11.1 Å². The van der Waals surface area contributed by atoms with Crippen molar-refractivity contribution >= 4 is 11.6 Å². The Hall–Kier alpha value is -2.18. The molecule has 2 rings (SSSR count). The van der Waals surface area contributed by atoms with Crippen LogP contribution in [-0.4, -0.2) is 26.7 Å². The van der Waals surface area contributed by atoms with Gasteiger partial charge in [-0.3, -0.25) is 0 Å². The SMILES string of the molecule is Cc1c(N)nc(C(C)(C)C)nc1NCCc1ncno1. The Kier molecular flexibility index (Phi) is 3.87. The fourth-order valence-electron chi connectivity index (χ4n) is 1.64. The van der Waals surface area contributed by atoms with Crippen LogP contribution in [-0.2, 0) is 11.8 Å². The summed E-state index contributed by atoms with van der Waals surface area (Å²) >= 11 is 0. The minimum atomic E-state index is -0.148. The van der Waals surface area contributed by atoms with Gasteiger partial charge in [-0.1, -0.05) is 25.9 Å². The maximum atomic E-state index is 5.95. The highest BCUT2D eigenvalue weighted by Crippen LogP contribution is 2.24. The first-order valence-electron chi connectivity index (χ1n) is 6.52. The molecule has 0 fully saturated rings. The molecular weight excluding hydrogens is 256 g/mol. The smallest absolute Gasteiger partial charge is 0.228 e. The molecule has 2 heterocycles. The number of anilines is 2. The quantitative estimate of drug-likeness (QED) is 0.876. The summed E-state index contributed by atoms with van der Waals surface area (Å²) in [6.45, 7) is 8.71. The molecule has 0 unspecified atom stereocenters. The Morgan fingerprint density at radius 2 is 2.05 bits per heavy atom. The van der Waals surface area contributed by atoms with Gasteiger partial charge in [0.1, 0.15) is 17.5 Å². The molecule has 0 aliphatic heterocycles. The molecule has 20 heavy (non-hydrogen) atoms. The number of aromatic nitrogens is 4. The van der Waals surface area contributed by atoms with Crippen molar-refractivity contribution in [3.63, 3.8) is 0 Å². The Morgan fingerprint density at radius 1 is 1.30 bits per heavy atom. The van der Waals surface area contributed by atoms with Crippen molar-refractivity contribution in [2.75, 3.05) is 17.6 Å². The molecule has 2 aromatic heterocycles. The van der Waals surface area contributed by atoms with Gasteiger partial charge in [0.15, 0.2) is 6.33 Å². The van der Waals surface area contributed by atoms with Crippen molar-refractivity contribution in [2.45, 2.75) is 39.5 Å². The van der Waals surface area contributed by atoms with Crippen molar-refractivity contribution in [1.82, 2.24) is 20.1 Å². The molecule has 0 saturated carbocycles. The highest BCUT2D eigenvalue weighted by molar-refractivity contribution is 5.55. The molecule has 0 saturated heterocycles. The van der Waals surface area contributed by atoms with Crippen LogP contribution in [0.2, 0.25) is 0 Å². The number of nitrogen functional groups attached to an aromatic ring is 1. The van der Waals surface area contributed by atoms with E-state index in [1.165, 1.54) is 6.33 Å². The standard InChI is InChI=1S/C13H20N6O/c1-8-10(14)18-12(13(2,3)4)19-11(8)15-6-5-9-16-7-17-20-9/h7H,5-6H2,1-4H3,(H3,14,15,18,19). The van der Waals surface area contributed by atoms with Gasteiger partial charge in [-0.2, -0.15) is 4.98 Å². The summed E-state index contributed by atoms with van der Waals surface area (Å²) < 4.78 is 4.94. The zero-order valence-electron chi connectivity index (χ0n) is 12.3. The van der Waals surface area contributed by atoms with Crippen molar-refractivity contribution in [2.24, 2.45) is 0 Å². The molecule has 0 spiro atoms. The van der Waals surface area contributed by atoms with E-state index < -0.39 is 0 Å². The van der Waals surface area contributed by atoms with Crippen LogP contribution in [0.1, 0.15) is 38.0 Å². The van der Waals surface area contributed by atoms with Gasteiger partial charge in [-0.25, -0.2) is 9.97 Å². The highest BCUT2D eigenvalue weighted by Gasteiger charge is 2.20. The minimum Gasteiger partial charge on any atom is -0.383 e. The molecular formula is C13H20N6O. The first-order chi connectivity index (χ1) is 9.38. The summed E-state index contributed by atoms with van der Waals surface area (Å²) in [6.07, 6.45) is 2.02. The van der Waals surface area contributed by atoms with E-state index in [0.717, 1.165) is 17.2 Å². The lowest BCUT2D eigenvalue weighted by Gasteiger charge is -2.19. The number of nitrogens with two attached hydrogens (primary N) is 1. The van der Waals surface area contributed by atoms with E-state index in [4.69, 9.17) is 10.3 Å². The second-order valence-corrected chi connectivity index (χ2v) is 5.67. The zero-order chi connectivity index (χ0) is 14.8. The van der Waals surface area contributed by atoms with Crippen molar-refractivity contribution < 1.29 is 4.52 Å². The van der Waals surface area contributed by atoms with E-state index in [0.29, 0.717) is 24.7 Å². The monoisotopic (exact) mass is 276 g/mol.